The second-order valence-electron chi connectivity index (χ2n) is 5.25. The number of nitrogens with zero attached hydrogens (tertiary/aromatic N) is 1. The van der Waals surface area contributed by atoms with Gasteiger partial charge in [0.15, 0.2) is 0 Å². The number of hydrogen-bond acceptors (Lipinski definition) is 4. The van der Waals surface area contributed by atoms with Gasteiger partial charge in [0.1, 0.15) is 0 Å². The Hall–Kier alpha value is -1.72. The van der Waals surface area contributed by atoms with Crippen LogP contribution >= 0.6 is 23.5 Å². The summed E-state index contributed by atoms with van der Waals surface area (Å²) in [5.41, 5.74) is 4.18. The number of hydrogen-bond donors (Lipinski definition) is 1. The summed E-state index contributed by atoms with van der Waals surface area (Å²) in [6.07, 6.45) is 6.83. The summed E-state index contributed by atoms with van der Waals surface area (Å²) in [7, 11) is 0. The maximum Gasteiger partial charge on any atom is 0.248 e. The summed E-state index contributed by atoms with van der Waals surface area (Å²) in [6.45, 7) is 2.00. The number of aryl methyl sites for hydroxylation is 1. The number of carbonyl (C=O) groups is 1. The van der Waals surface area contributed by atoms with Crippen molar-refractivity contribution in [1.82, 2.24) is 4.98 Å². The first-order valence-corrected chi connectivity index (χ1v) is 9.55. The van der Waals surface area contributed by atoms with Gasteiger partial charge in [0.05, 0.1) is 4.58 Å². The third kappa shape index (κ3) is 4.39. The molecule has 1 aliphatic heterocycles. The summed E-state index contributed by atoms with van der Waals surface area (Å²) in [4.78, 5) is 16.1. The fourth-order valence-corrected chi connectivity index (χ4v) is 5.13. The van der Waals surface area contributed by atoms with Crippen LogP contribution in [0.3, 0.4) is 0 Å². The molecule has 1 N–H and O–H groups in total. The van der Waals surface area contributed by atoms with Gasteiger partial charge in [-0.2, -0.15) is 0 Å². The summed E-state index contributed by atoms with van der Waals surface area (Å²) in [6, 6.07) is 10.1. The SMILES string of the molecule is Cc1ccncc1/C=C/C(=O)Nc1ccc(C2SCCS2)cc1. The largest absolute Gasteiger partial charge is 0.323 e. The van der Waals surface area contributed by atoms with E-state index in [4.69, 9.17) is 0 Å². The molecule has 0 spiro atoms. The average molecular weight is 342 g/mol. The molecule has 1 fully saturated rings. The molecule has 23 heavy (non-hydrogen) atoms. The zero-order valence-electron chi connectivity index (χ0n) is 12.9. The fourth-order valence-electron chi connectivity index (χ4n) is 2.27. The molecule has 2 aromatic rings. The molecule has 2 heterocycles. The minimum Gasteiger partial charge on any atom is -0.323 e. The van der Waals surface area contributed by atoms with Gasteiger partial charge in [0.2, 0.25) is 5.91 Å². The molecule has 1 aromatic carbocycles. The van der Waals surface area contributed by atoms with Crippen molar-refractivity contribution in [3.8, 4) is 0 Å². The second-order valence-corrected chi connectivity index (χ2v) is 7.97. The molecule has 0 atom stereocenters. The van der Waals surface area contributed by atoms with Crippen LogP contribution < -0.4 is 5.32 Å². The molecule has 0 saturated carbocycles. The van der Waals surface area contributed by atoms with Crippen molar-refractivity contribution < 1.29 is 4.79 Å². The average Bonchev–Trinajstić information content (AvgIpc) is 3.09. The molecule has 0 radical (unpaired) electrons. The van der Waals surface area contributed by atoms with E-state index in [0.717, 1.165) is 16.8 Å². The Morgan fingerprint density at radius 2 is 1.96 bits per heavy atom. The molecule has 1 saturated heterocycles. The van der Waals surface area contributed by atoms with Crippen LogP contribution in [0.15, 0.2) is 48.8 Å². The normalized spacial score (nSPS) is 15.2. The second kappa shape index (κ2) is 7.70. The zero-order valence-corrected chi connectivity index (χ0v) is 14.5. The minimum atomic E-state index is -0.134. The molecule has 0 unspecified atom stereocenters. The standard InChI is InChI=1S/C18H18N2OS2/c1-13-8-9-19-12-15(13)4-7-17(21)20-16-5-2-14(3-6-16)18-22-10-11-23-18/h2-9,12,18H,10-11H2,1H3,(H,20,21)/b7-4+. The minimum absolute atomic E-state index is 0.134. The summed E-state index contributed by atoms with van der Waals surface area (Å²) < 4.78 is 0.535. The van der Waals surface area contributed by atoms with Gasteiger partial charge < -0.3 is 5.32 Å². The highest BCUT2D eigenvalue weighted by atomic mass is 32.2. The quantitative estimate of drug-likeness (QED) is 0.830. The smallest absolute Gasteiger partial charge is 0.248 e. The number of aromatic nitrogens is 1. The van der Waals surface area contributed by atoms with Crippen molar-refractivity contribution in [2.75, 3.05) is 16.8 Å². The van der Waals surface area contributed by atoms with Gasteiger partial charge in [-0.15, -0.1) is 23.5 Å². The third-order valence-electron chi connectivity index (χ3n) is 3.57. The molecule has 1 aromatic heterocycles. The van der Waals surface area contributed by atoms with Crippen molar-refractivity contribution in [1.29, 1.82) is 0 Å². The van der Waals surface area contributed by atoms with Crippen molar-refractivity contribution in [3.05, 3.63) is 65.5 Å². The Kier molecular flexibility index (Phi) is 5.41. The number of nitrogens with one attached hydrogen (secondary N) is 1. The Labute approximate surface area is 145 Å². The van der Waals surface area contributed by atoms with Crippen LogP contribution in [0.2, 0.25) is 0 Å². The van der Waals surface area contributed by atoms with E-state index < -0.39 is 0 Å². The monoisotopic (exact) mass is 342 g/mol. The highest BCUT2D eigenvalue weighted by Gasteiger charge is 2.17. The molecule has 118 valence electrons. The number of thioether (sulfide) groups is 2. The Morgan fingerprint density at radius 1 is 1.22 bits per heavy atom. The van der Waals surface area contributed by atoms with Crippen LogP contribution in [0, 0.1) is 6.92 Å². The van der Waals surface area contributed by atoms with Gasteiger partial charge in [-0.05, 0) is 47.9 Å². The van der Waals surface area contributed by atoms with E-state index in [9.17, 15) is 4.79 Å². The first kappa shape index (κ1) is 16.1. The predicted molar refractivity (Wildman–Crippen MR) is 101 cm³/mol. The van der Waals surface area contributed by atoms with E-state index in [1.54, 1.807) is 24.5 Å². The molecule has 5 heteroatoms. The summed E-state index contributed by atoms with van der Waals surface area (Å²) in [5.74, 6) is 2.30. The molecule has 1 aliphatic rings. The van der Waals surface area contributed by atoms with Crippen LogP contribution in [0.25, 0.3) is 6.08 Å². The van der Waals surface area contributed by atoms with Crippen molar-refractivity contribution in [2.45, 2.75) is 11.5 Å². The van der Waals surface area contributed by atoms with Gasteiger partial charge >= 0.3 is 0 Å². The maximum absolute atomic E-state index is 12.0. The van der Waals surface area contributed by atoms with Crippen LogP contribution in [-0.2, 0) is 4.79 Å². The van der Waals surface area contributed by atoms with Crippen LogP contribution in [0.1, 0.15) is 21.3 Å². The lowest BCUT2D eigenvalue weighted by Gasteiger charge is -2.09. The highest BCUT2D eigenvalue weighted by molar-refractivity contribution is 8.19. The van der Waals surface area contributed by atoms with Gasteiger partial charge in [-0.3, -0.25) is 9.78 Å². The Bertz CT molecular complexity index is 707. The van der Waals surface area contributed by atoms with Crippen molar-refractivity contribution in [2.24, 2.45) is 0 Å². The molecular formula is C18H18N2OS2. The molecular weight excluding hydrogens is 324 g/mol. The van der Waals surface area contributed by atoms with E-state index in [1.165, 1.54) is 17.1 Å². The van der Waals surface area contributed by atoms with Crippen molar-refractivity contribution >= 4 is 41.2 Å². The van der Waals surface area contributed by atoms with Gasteiger partial charge in [0, 0.05) is 35.7 Å². The van der Waals surface area contributed by atoms with Gasteiger partial charge in [-0.1, -0.05) is 12.1 Å². The van der Waals surface area contributed by atoms with Crippen molar-refractivity contribution in [3.63, 3.8) is 0 Å². The number of pyridine rings is 1. The Morgan fingerprint density at radius 3 is 2.65 bits per heavy atom. The topological polar surface area (TPSA) is 42.0 Å². The van der Waals surface area contributed by atoms with E-state index >= 15 is 0 Å². The van der Waals surface area contributed by atoms with E-state index in [0.29, 0.717) is 4.58 Å². The first-order chi connectivity index (χ1) is 11.2. The number of amides is 1. The highest BCUT2D eigenvalue weighted by Crippen LogP contribution is 2.45. The first-order valence-electron chi connectivity index (χ1n) is 7.45. The molecule has 3 nitrogen and oxygen atoms in total. The maximum atomic E-state index is 12.0. The van der Waals surface area contributed by atoms with E-state index in [2.05, 4.69) is 22.4 Å². The molecule has 0 aliphatic carbocycles. The lowest BCUT2D eigenvalue weighted by atomic mass is 10.1. The summed E-state index contributed by atoms with van der Waals surface area (Å²) in [5, 5.41) is 2.89. The van der Waals surface area contributed by atoms with Gasteiger partial charge in [-0.25, -0.2) is 0 Å². The Balaban J connectivity index is 1.60. The zero-order chi connectivity index (χ0) is 16.1. The van der Waals surface area contributed by atoms with Crippen LogP contribution in [-0.4, -0.2) is 22.4 Å². The number of anilines is 1. The van der Waals surface area contributed by atoms with Crippen LogP contribution in [0.4, 0.5) is 5.69 Å². The molecule has 1 amide bonds. The lowest BCUT2D eigenvalue weighted by molar-refractivity contribution is -0.111. The van der Waals surface area contributed by atoms with Gasteiger partial charge in [0.25, 0.3) is 0 Å². The van der Waals surface area contributed by atoms with E-state index in [-0.39, 0.29) is 5.91 Å². The summed E-state index contributed by atoms with van der Waals surface area (Å²) >= 11 is 3.96. The number of benzene rings is 1. The van der Waals surface area contributed by atoms with Crippen LogP contribution in [0.5, 0.6) is 0 Å². The molecule has 3 rings (SSSR count). The molecule has 0 bridgehead atoms. The number of carbonyl (C=O) groups excluding carboxylic acids is 1. The fraction of sp³-hybridized carbons (Fsp3) is 0.222. The predicted octanol–water partition coefficient (Wildman–Crippen LogP) is 4.52. The third-order valence-corrected chi connectivity index (χ3v) is 6.67. The number of rotatable bonds is 4. The lowest BCUT2D eigenvalue weighted by Crippen LogP contribution is -2.07. The van der Waals surface area contributed by atoms with E-state index in [1.807, 2.05) is 48.6 Å².